The molecular formula is C21H25ClN2O3. The molecule has 0 saturated heterocycles. The van der Waals surface area contributed by atoms with Crippen molar-refractivity contribution in [1.29, 1.82) is 0 Å². The van der Waals surface area contributed by atoms with Gasteiger partial charge in [-0.1, -0.05) is 61.0 Å². The maximum atomic E-state index is 12.9. The summed E-state index contributed by atoms with van der Waals surface area (Å²) in [6.45, 7) is 4.40. The monoisotopic (exact) mass is 388 g/mol. The minimum atomic E-state index is -0.562. The van der Waals surface area contributed by atoms with Crippen molar-refractivity contribution in [1.82, 2.24) is 10.2 Å². The van der Waals surface area contributed by atoms with Crippen molar-refractivity contribution < 1.29 is 14.3 Å². The lowest BCUT2D eigenvalue weighted by molar-refractivity contribution is -0.142. The number of benzene rings is 2. The van der Waals surface area contributed by atoms with E-state index in [0.717, 1.165) is 5.56 Å². The number of hydrogen-bond donors (Lipinski definition) is 1. The first-order chi connectivity index (χ1) is 13.1. The molecule has 144 valence electrons. The second kappa shape index (κ2) is 10.6. The second-order valence-electron chi connectivity index (χ2n) is 6.04. The van der Waals surface area contributed by atoms with Crippen molar-refractivity contribution in [3.8, 4) is 5.75 Å². The topological polar surface area (TPSA) is 58.6 Å². The van der Waals surface area contributed by atoms with Crippen LogP contribution in [0, 0.1) is 0 Å². The third kappa shape index (κ3) is 6.00. The molecule has 0 spiro atoms. The van der Waals surface area contributed by atoms with E-state index in [4.69, 9.17) is 16.3 Å². The average Bonchev–Trinajstić information content (AvgIpc) is 2.68. The van der Waals surface area contributed by atoms with Crippen LogP contribution in [0.1, 0.15) is 25.8 Å². The molecule has 2 amide bonds. The lowest BCUT2D eigenvalue weighted by Crippen LogP contribution is -2.50. The highest BCUT2D eigenvalue weighted by molar-refractivity contribution is 6.32. The van der Waals surface area contributed by atoms with Crippen molar-refractivity contribution in [2.24, 2.45) is 0 Å². The van der Waals surface area contributed by atoms with Crippen molar-refractivity contribution in [3.05, 3.63) is 65.2 Å². The third-order valence-corrected chi connectivity index (χ3v) is 4.43. The number of ether oxygens (including phenoxy) is 1. The molecule has 6 heteroatoms. The number of hydrogen-bond acceptors (Lipinski definition) is 3. The van der Waals surface area contributed by atoms with E-state index in [1.54, 1.807) is 29.2 Å². The Morgan fingerprint density at radius 2 is 1.74 bits per heavy atom. The van der Waals surface area contributed by atoms with E-state index in [1.165, 1.54) is 0 Å². The van der Waals surface area contributed by atoms with Gasteiger partial charge >= 0.3 is 0 Å². The van der Waals surface area contributed by atoms with E-state index in [0.29, 0.717) is 30.3 Å². The molecule has 27 heavy (non-hydrogen) atoms. The Balaban J connectivity index is 2.17. The van der Waals surface area contributed by atoms with E-state index in [-0.39, 0.29) is 18.4 Å². The lowest BCUT2D eigenvalue weighted by Gasteiger charge is -2.30. The Labute approximate surface area is 165 Å². The standard InChI is InChI=1S/C21H25ClN2O3/c1-3-18(21(26)23-4-2)24(14-16-10-6-5-7-11-16)20(25)15-27-19-13-9-8-12-17(19)22/h5-13,18H,3-4,14-15H2,1-2H3,(H,23,26)/t18-/m1/s1. The van der Waals surface area contributed by atoms with Crippen LogP contribution in [0.15, 0.2) is 54.6 Å². The molecule has 0 aliphatic rings. The Bertz CT molecular complexity index is 752. The van der Waals surface area contributed by atoms with Gasteiger partial charge in [0.2, 0.25) is 5.91 Å². The van der Waals surface area contributed by atoms with Crippen LogP contribution in [0.3, 0.4) is 0 Å². The molecular weight excluding hydrogens is 364 g/mol. The Kier molecular flexibility index (Phi) is 8.14. The Morgan fingerprint density at radius 1 is 1.07 bits per heavy atom. The number of para-hydroxylation sites is 1. The summed E-state index contributed by atoms with van der Waals surface area (Å²) in [7, 11) is 0. The first-order valence-corrected chi connectivity index (χ1v) is 9.43. The highest BCUT2D eigenvalue weighted by Gasteiger charge is 2.28. The van der Waals surface area contributed by atoms with Gasteiger partial charge in [0.25, 0.3) is 5.91 Å². The molecule has 1 atom stereocenters. The minimum absolute atomic E-state index is 0.165. The van der Waals surface area contributed by atoms with Gasteiger partial charge in [0, 0.05) is 13.1 Å². The fourth-order valence-corrected chi connectivity index (χ4v) is 2.97. The Morgan fingerprint density at radius 3 is 2.37 bits per heavy atom. The quantitative estimate of drug-likeness (QED) is 0.713. The number of nitrogens with one attached hydrogen (secondary N) is 1. The fraction of sp³-hybridized carbons (Fsp3) is 0.333. The summed E-state index contributed by atoms with van der Waals surface area (Å²) in [5.74, 6) is 0.0112. The van der Waals surface area contributed by atoms with Crippen LogP contribution in [0.25, 0.3) is 0 Å². The zero-order valence-electron chi connectivity index (χ0n) is 15.7. The molecule has 1 N–H and O–H groups in total. The molecule has 2 rings (SSSR count). The number of halogens is 1. The summed E-state index contributed by atoms with van der Waals surface area (Å²) in [5.41, 5.74) is 0.950. The van der Waals surface area contributed by atoms with Crippen LogP contribution in [-0.4, -0.2) is 35.9 Å². The molecule has 0 fully saturated rings. The van der Waals surface area contributed by atoms with Crippen molar-refractivity contribution >= 4 is 23.4 Å². The van der Waals surface area contributed by atoms with E-state index in [2.05, 4.69) is 5.32 Å². The van der Waals surface area contributed by atoms with E-state index in [9.17, 15) is 9.59 Å². The molecule has 0 radical (unpaired) electrons. The summed E-state index contributed by atoms with van der Waals surface area (Å²) in [6.07, 6.45) is 0.510. The maximum absolute atomic E-state index is 12.9. The first-order valence-electron chi connectivity index (χ1n) is 9.05. The molecule has 0 saturated carbocycles. The minimum Gasteiger partial charge on any atom is -0.482 e. The van der Waals surface area contributed by atoms with Gasteiger partial charge in [0.05, 0.1) is 5.02 Å². The van der Waals surface area contributed by atoms with Gasteiger partial charge in [-0.25, -0.2) is 0 Å². The number of rotatable bonds is 9. The summed E-state index contributed by atoms with van der Waals surface area (Å²) in [4.78, 5) is 27.0. The van der Waals surface area contributed by atoms with E-state index >= 15 is 0 Å². The zero-order valence-corrected chi connectivity index (χ0v) is 16.4. The highest BCUT2D eigenvalue weighted by Crippen LogP contribution is 2.23. The molecule has 0 aromatic heterocycles. The second-order valence-corrected chi connectivity index (χ2v) is 6.45. The molecule has 5 nitrogen and oxygen atoms in total. The van der Waals surface area contributed by atoms with Gasteiger partial charge in [0.15, 0.2) is 6.61 Å². The van der Waals surface area contributed by atoms with E-state index < -0.39 is 6.04 Å². The van der Waals surface area contributed by atoms with Crippen LogP contribution in [-0.2, 0) is 16.1 Å². The van der Waals surface area contributed by atoms with Crippen molar-refractivity contribution in [3.63, 3.8) is 0 Å². The van der Waals surface area contributed by atoms with Crippen LogP contribution in [0.2, 0.25) is 5.02 Å². The molecule has 0 aliphatic heterocycles. The van der Waals surface area contributed by atoms with Crippen LogP contribution < -0.4 is 10.1 Å². The lowest BCUT2D eigenvalue weighted by atomic mass is 10.1. The van der Waals surface area contributed by atoms with Crippen molar-refractivity contribution in [2.45, 2.75) is 32.9 Å². The van der Waals surface area contributed by atoms with Gasteiger partial charge < -0.3 is 15.0 Å². The number of carbonyl (C=O) groups excluding carboxylic acids is 2. The SMILES string of the molecule is CCNC(=O)[C@@H](CC)N(Cc1ccccc1)C(=O)COc1ccccc1Cl. The van der Waals surface area contributed by atoms with Crippen molar-refractivity contribution in [2.75, 3.05) is 13.2 Å². The molecule has 0 unspecified atom stereocenters. The Hall–Kier alpha value is -2.53. The molecule has 0 bridgehead atoms. The number of carbonyl (C=O) groups is 2. The van der Waals surface area contributed by atoms with Crippen LogP contribution >= 0.6 is 11.6 Å². The zero-order chi connectivity index (χ0) is 19.6. The maximum Gasteiger partial charge on any atom is 0.261 e. The summed E-state index contributed by atoms with van der Waals surface area (Å²) in [5, 5.41) is 3.25. The van der Waals surface area contributed by atoms with Gasteiger partial charge in [-0.2, -0.15) is 0 Å². The van der Waals surface area contributed by atoms with Gasteiger partial charge in [0.1, 0.15) is 11.8 Å². The van der Waals surface area contributed by atoms with Crippen LogP contribution in [0.4, 0.5) is 0 Å². The number of amides is 2. The predicted octanol–water partition coefficient (Wildman–Crippen LogP) is 3.66. The van der Waals surface area contributed by atoms with E-state index in [1.807, 2.05) is 44.2 Å². The summed E-state index contributed by atoms with van der Waals surface area (Å²) < 4.78 is 5.60. The fourth-order valence-electron chi connectivity index (χ4n) is 2.78. The largest absolute Gasteiger partial charge is 0.482 e. The van der Waals surface area contributed by atoms with Crippen LogP contribution in [0.5, 0.6) is 5.75 Å². The van der Waals surface area contributed by atoms with Gasteiger partial charge in [-0.05, 0) is 31.0 Å². The molecule has 0 aliphatic carbocycles. The molecule has 2 aromatic carbocycles. The smallest absolute Gasteiger partial charge is 0.261 e. The summed E-state index contributed by atoms with van der Waals surface area (Å²) >= 11 is 6.08. The number of nitrogens with zero attached hydrogens (tertiary/aromatic N) is 1. The normalized spacial score (nSPS) is 11.5. The number of likely N-dealkylation sites (N-methyl/N-ethyl adjacent to an activating group) is 1. The molecule has 2 aromatic rings. The highest BCUT2D eigenvalue weighted by atomic mass is 35.5. The van der Waals surface area contributed by atoms with Gasteiger partial charge in [-0.3, -0.25) is 9.59 Å². The summed E-state index contributed by atoms with van der Waals surface area (Å²) in [6, 6.07) is 16.0. The molecule has 0 heterocycles. The first kappa shape index (κ1) is 20.8. The predicted molar refractivity (Wildman–Crippen MR) is 107 cm³/mol. The average molecular weight is 389 g/mol. The van der Waals surface area contributed by atoms with Gasteiger partial charge in [-0.15, -0.1) is 0 Å². The third-order valence-electron chi connectivity index (χ3n) is 4.12.